The van der Waals surface area contributed by atoms with Gasteiger partial charge in [0.05, 0.1) is 25.0 Å². The maximum Gasteiger partial charge on any atom is 0.422 e. The first-order chi connectivity index (χ1) is 9.57. The number of pyridine rings is 1. The highest BCUT2D eigenvalue weighted by Crippen LogP contribution is 2.37. The minimum absolute atomic E-state index is 0.0461. The molecule has 0 bridgehead atoms. The number of carbonyl (C=O) groups is 1. The Labute approximate surface area is 115 Å². The molecule has 0 aromatic carbocycles. The summed E-state index contributed by atoms with van der Waals surface area (Å²) in [5.74, 6) is -4.25. The van der Waals surface area contributed by atoms with Crippen molar-refractivity contribution < 1.29 is 31.5 Å². The zero-order valence-corrected chi connectivity index (χ0v) is 10.5. The fourth-order valence-corrected chi connectivity index (χ4v) is 1.76. The largest absolute Gasteiger partial charge is 0.482 e. The predicted molar refractivity (Wildman–Crippen MR) is 61.5 cm³/mol. The molecule has 0 spiro atoms. The van der Waals surface area contributed by atoms with Crippen LogP contribution in [0.1, 0.15) is 10.5 Å². The van der Waals surface area contributed by atoms with Crippen LogP contribution in [0.3, 0.4) is 0 Å². The lowest BCUT2D eigenvalue weighted by molar-refractivity contribution is -0.153. The van der Waals surface area contributed by atoms with Crippen LogP contribution in [0.5, 0.6) is 5.75 Å². The van der Waals surface area contributed by atoms with Crippen LogP contribution in [0.2, 0.25) is 0 Å². The minimum atomic E-state index is -4.60. The van der Waals surface area contributed by atoms with Crippen LogP contribution in [0.15, 0.2) is 12.3 Å². The van der Waals surface area contributed by atoms with Crippen LogP contribution >= 0.6 is 0 Å². The van der Waals surface area contributed by atoms with Gasteiger partial charge in [0.1, 0.15) is 11.4 Å². The summed E-state index contributed by atoms with van der Waals surface area (Å²) in [7, 11) is 0. The molecule has 1 fully saturated rings. The summed E-state index contributed by atoms with van der Waals surface area (Å²) < 4.78 is 66.8. The fourth-order valence-electron chi connectivity index (χ4n) is 1.76. The number of anilines is 1. The normalized spacial score (nSPS) is 17.3. The van der Waals surface area contributed by atoms with E-state index in [0.29, 0.717) is 0 Å². The Morgan fingerprint density at radius 2 is 2.05 bits per heavy atom. The average molecular weight is 311 g/mol. The zero-order chi connectivity index (χ0) is 15.8. The highest BCUT2D eigenvalue weighted by Gasteiger charge is 2.45. The third kappa shape index (κ3) is 3.70. The molecule has 10 heteroatoms. The molecular formula is C11H10F5N3O2. The quantitative estimate of drug-likeness (QED) is 0.857. The van der Waals surface area contributed by atoms with Crippen LogP contribution in [0, 0.1) is 0 Å². The average Bonchev–Trinajstić information content (AvgIpc) is 2.32. The number of nitrogens with zero attached hydrogens (tertiary/aromatic N) is 2. The second-order valence-corrected chi connectivity index (χ2v) is 4.52. The number of ether oxygens (including phenoxy) is 1. The number of nitrogens with two attached hydrogens (primary N) is 1. The maximum atomic E-state index is 12.8. The molecular weight excluding hydrogens is 301 g/mol. The van der Waals surface area contributed by atoms with Crippen molar-refractivity contribution in [2.75, 3.05) is 24.6 Å². The Balaban J connectivity index is 2.24. The summed E-state index contributed by atoms with van der Waals surface area (Å²) in [6.45, 7) is -2.94. The van der Waals surface area contributed by atoms with E-state index in [-0.39, 0.29) is 17.1 Å². The van der Waals surface area contributed by atoms with Gasteiger partial charge in [-0.3, -0.25) is 4.79 Å². The number of carbonyl (C=O) groups excluding carboxylic acids is 1. The van der Waals surface area contributed by atoms with Crippen molar-refractivity contribution in [3.63, 3.8) is 0 Å². The lowest BCUT2D eigenvalue weighted by Crippen LogP contribution is -2.56. The van der Waals surface area contributed by atoms with Gasteiger partial charge < -0.3 is 15.4 Å². The van der Waals surface area contributed by atoms with Crippen LogP contribution in [0.25, 0.3) is 0 Å². The fraction of sp³-hybridized carbons (Fsp3) is 0.455. The molecule has 0 unspecified atom stereocenters. The molecule has 0 atom stereocenters. The molecule has 0 radical (unpaired) electrons. The Bertz CT molecular complexity index is 553. The Morgan fingerprint density at radius 3 is 2.52 bits per heavy atom. The van der Waals surface area contributed by atoms with E-state index < -0.39 is 37.7 Å². The van der Waals surface area contributed by atoms with Crippen molar-refractivity contribution in [1.29, 1.82) is 0 Å². The van der Waals surface area contributed by atoms with E-state index in [1.807, 2.05) is 0 Å². The van der Waals surface area contributed by atoms with Gasteiger partial charge in [-0.1, -0.05) is 0 Å². The van der Waals surface area contributed by atoms with Gasteiger partial charge in [0, 0.05) is 6.07 Å². The molecule has 21 heavy (non-hydrogen) atoms. The predicted octanol–water partition coefficient (Wildman–Crippen LogP) is 1.58. The molecule has 0 aliphatic carbocycles. The second-order valence-electron chi connectivity index (χ2n) is 4.52. The van der Waals surface area contributed by atoms with Gasteiger partial charge >= 0.3 is 6.18 Å². The minimum Gasteiger partial charge on any atom is -0.482 e. The molecule has 1 saturated heterocycles. The lowest BCUT2D eigenvalue weighted by Gasteiger charge is -2.40. The van der Waals surface area contributed by atoms with Crippen LogP contribution in [-0.4, -0.2) is 42.7 Å². The van der Waals surface area contributed by atoms with Gasteiger partial charge in [0.15, 0.2) is 6.61 Å². The summed E-state index contributed by atoms with van der Waals surface area (Å²) in [4.78, 5) is 15.7. The van der Waals surface area contributed by atoms with E-state index in [4.69, 9.17) is 5.73 Å². The molecule has 2 rings (SSSR count). The Hall–Kier alpha value is -2.13. The van der Waals surface area contributed by atoms with Gasteiger partial charge in [0.2, 0.25) is 0 Å². The third-order valence-corrected chi connectivity index (χ3v) is 2.68. The Kier molecular flexibility index (Phi) is 3.64. The lowest BCUT2D eigenvalue weighted by atomic mass is 10.1. The van der Waals surface area contributed by atoms with E-state index >= 15 is 0 Å². The highest BCUT2D eigenvalue weighted by molar-refractivity contribution is 5.91. The summed E-state index contributed by atoms with van der Waals surface area (Å²) in [5, 5.41) is 0. The van der Waals surface area contributed by atoms with E-state index in [1.54, 1.807) is 0 Å². The van der Waals surface area contributed by atoms with Crippen molar-refractivity contribution in [3.8, 4) is 5.75 Å². The third-order valence-electron chi connectivity index (χ3n) is 2.68. The maximum absolute atomic E-state index is 12.8. The van der Waals surface area contributed by atoms with Crippen molar-refractivity contribution in [2.45, 2.75) is 12.1 Å². The molecule has 0 saturated carbocycles. The van der Waals surface area contributed by atoms with Crippen LogP contribution in [-0.2, 0) is 0 Å². The first kappa shape index (κ1) is 15.3. The topological polar surface area (TPSA) is 68.5 Å². The first-order valence-electron chi connectivity index (χ1n) is 5.70. The first-order valence-corrected chi connectivity index (χ1v) is 5.70. The summed E-state index contributed by atoms with van der Waals surface area (Å²) in [5.41, 5.74) is 4.60. The molecule has 1 aliphatic rings. The summed E-state index contributed by atoms with van der Waals surface area (Å²) in [6.07, 6.45) is -3.62. The molecule has 1 aromatic rings. The van der Waals surface area contributed by atoms with Gasteiger partial charge in [-0.25, -0.2) is 13.8 Å². The molecule has 1 aromatic heterocycles. The van der Waals surface area contributed by atoms with E-state index in [9.17, 15) is 26.7 Å². The molecule has 2 heterocycles. The number of hydrogen-bond acceptors (Lipinski definition) is 4. The smallest absolute Gasteiger partial charge is 0.422 e. The van der Waals surface area contributed by atoms with Crippen molar-refractivity contribution >= 4 is 11.6 Å². The second kappa shape index (κ2) is 5.01. The van der Waals surface area contributed by atoms with E-state index in [0.717, 1.165) is 17.2 Å². The summed E-state index contributed by atoms with van der Waals surface area (Å²) >= 11 is 0. The van der Waals surface area contributed by atoms with E-state index in [2.05, 4.69) is 9.72 Å². The van der Waals surface area contributed by atoms with Crippen molar-refractivity contribution in [3.05, 3.63) is 18.0 Å². The summed E-state index contributed by atoms with van der Waals surface area (Å²) in [6, 6.07) is 0.903. The van der Waals surface area contributed by atoms with Crippen LogP contribution in [0.4, 0.5) is 27.6 Å². The van der Waals surface area contributed by atoms with Gasteiger partial charge in [-0.15, -0.1) is 0 Å². The number of primary amides is 1. The molecule has 1 aliphatic heterocycles. The van der Waals surface area contributed by atoms with Crippen LogP contribution < -0.4 is 15.4 Å². The van der Waals surface area contributed by atoms with Crippen molar-refractivity contribution in [2.24, 2.45) is 5.73 Å². The van der Waals surface area contributed by atoms with Gasteiger partial charge in [-0.05, 0) is 0 Å². The number of hydrogen-bond donors (Lipinski definition) is 1. The highest BCUT2D eigenvalue weighted by atomic mass is 19.4. The van der Waals surface area contributed by atoms with Gasteiger partial charge in [0.25, 0.3) is 11.8 Å². The number of alkyl halides is 5. The SMILES string of the molecule is NC(=O)c1cc(OCC(F)(F)F)c(N2CC(F)(F)C2)cn1. The molecule has 2 N–H and O–H groups in total. The number of amides is 1. The number of halogens is 5. The molecule has 116 valence electrons. The van der Waals surface area contributed by atoms with Gasteiger partial charge in [-0.2, -0.15) is 13.2 Å². The number of rotatable bonds is 4. The van der Waals surface area contributed by atoms with Crippen molar-refractivity contribution in [1.82, 2.24) is 4.98 Å². The Morgan fingerprint density at radius 1 is 1.43 bits per heavy atom. The molecule has 5 nitrogen and oxygen atoms in total. The molecule has 1 amide bonds. The number of aromatic nitrogens is 1. The zero-order valence-electron chi connectivity index (χ0n) is 10.5. The van der Waals surface area contributed by atoms with E-state index in [1.165, 1.54) is 0 Å². The standard InChI is InChI=1S/C11H10F5N3O2/c12-10(13)3-19(4-10)7-2-18-6(9(17)20)1-8(7)21-5-11(14,15)16/h1-2H,3-5H2,(H2,17,20). The monoisotopic (exact) mass is 311 g/mol.